The number of ether oxygens (including phenoxy) is 2. The number of nitrogen functional groups attached to an aromatic ring is 1. The number of fused-ring (bicyclic) bond motifs is 1. The summed E-state index contributed by atoms with van der Waals surface area (Å²) in [5.74, 6) is 1.59. The summed E-state index contributed by atoms with van der Waals surface area (Å²) in [6.45, 7) is 3.25. The Morgan fingerprint density at radius 1 is 1.30 bits per heavy atom. The molecule has 1 aromatic heterocycles. The first-order valence-electron chi connectivity index (χ1n) is 6.58. The molecule has 0 aliphatic carbocycles. The number of hydrogen-bond acceptors (Lipinski definition) is 5. The molecular weight excluding hydrogens is 274 g/mol. The standard InChI is InChI=1S/C14H17N3O2S/c1-3-10-13(15)14(17(2)16-10)20-9-4-5-11-12(8-9)19-7-6-18-11/h4-5,8H,3,6-7,15H2,1-2H3. The van der Waals surface area contributed by atoms with Gasteiger partial charge in [0.2, 0.25) is 0 Å². The molecule has 0 fully saturated rings. The number of nitrogens with zero attached hydrogens (tertiary/aromatic N) is 2. The second-order valence-corrected chi connectivity index (χ2v) is 5.61. The third-order valence-electron chi connectivity index (χ3n) is 3.17. The molecule has 2 heterocycles. The van der Waals surface area contributed by atoms with E-state index in [9.17, 15) is 0 Å². The number of anilines is 1. The molecule has 3 rings (SSSR count). The lowest BCUT2D eigenvalue weighted by Gasteiger charge is -2.18. The summed E-state index contributed by atoms with van der Waals surface area (Å²) in [5, 5.41) is 5.38. The van der Waals surface area contributed by atoms with E-state index in [4.69, 9.17) is 15.2 Å². The van der Waals surface area contributed by atoms with Crippen LogP contribution in [0.3, 0.4) is 0 Å². The van der Waals surface area contributed by atoms with Crippen molar-refractivity contribution < 1.29 is 9.47 Å². The van der Waals surface area contributed by atoms with Crippen molar-refractivity contribution in [2.45, 2.75) is 23.3 Å². The molecule has 1 aliphatic rings. The van der Waals surface area contributed by atoms with E-state index in [1.165, 1.54) is 0 Å². The van der Waals surface area contributed by atoms with Crippen LogP contribution >= 0.6 is 11.8 Å². The van der Waals surface area contributed by atoms with E-state index in [0.717, 1.165) is 39.2 Å². The number of aryl methyl sites for hydroxylation is 2. The molecule has 0 atom stereocenters. The van der Waals surface area contributed by atoms with Crippen LogP contribution in [-0.4, -0.2) is 23.0 Å². The lowest BCUT2D eigenvalue weighted by Crippen LogP contribution is -2.15. The number of benzene rings is 1. The van der Waals surface area contributed by atoms with Gasteiger partial charge in [-0.2, -0.15) is 5.10 Å². The zero-order chi connectivity index (χ0) is 14.1. The summed E-state index contributed by atoms with van der Waals surface area (Å²) >= 11 is 1.59. The molecule has 1 aliphatic heterocycles. The average molecular weight is 291 g/mol. The first-order chi connectivity index (χ1) is 9.69. The molecule has 1 aromatic carbocycles. The van der Waals surface area contributed by atoms with Gasteiger partial charge < -0.3 is 15.2 Å². The van der Waals surface area contributed by atoms with Crippen molar-refractivity contribution in [1.29, 1.82) is 0 Å². The Morgan fingerprint density at radius 3 is 2.75 bits per heavy atom. The summed E-state index contributed by atoms with van der Waals surface area (Å²) < 4.78 is 12.9. The summed E-state index contributed by atoms with van der Waals surface area (Å²) in [4.78, 5) is 1.06. The van der Waals surface area contributed by atoms with Gasteiger partial charge in [0.15, 0.2) is 11.5 Å². The molecule has 0 saturated heterocycles. The van der Waals surface area contributed by atoms with Crippen molar-refractivity contribution in [1.82, 2.24) is 9.78 Å². The van der Waals surface area contributed by atoms with Crippen molar-refractivity contribution in [3.8, 4) is 11.5 Å². The normalized spacial score (nSPS) is 13.5. The Bertz CT molecular complexity index is 640. The van der Waals surface area contributed by atoms with Gasteiger partial charge in [-0.3, -0.25) is 4.68 Å². The van der Waals surface area contributed by atoms with Crippen molar-refractivity contribution in [2.75, 3.05) is 18.9 Å². The maximum atomic E-state index is 6.14. The Balaban J connectivity index is 1.90. The zero-order valence-corrected chi connectivity index (χ0v) is 12.4. The summed E-state index contributed by atoms with van der Waals surface area (Å²) in [6.07, 6.45) is 0.835. The van der Waals surface area contributed by atoms with Crippen molar-refractivity contribution >= 4 is 17.4 Å². The van der Waals surface area contributed by atoms with Crippen molar-refractivity contribution in [3.05, 3.63) is 23.9 Å². The van der Waals surface area contributed by atoms with Gasteiger partial charge in [-0.05, 0) is 24.6 Å². The fraction of sp³-hybridized carbons (Fsp3) is 0.357. The molecule has 0 amide bonds. The van der Waals surface area contributed by atoms with E-state index in [-0.39, 0.29) is 0 Å². The number of rotatable bonds is 3. The maximum absolute atomic E-state index is 6.14. The lowest BCUT2D eigenvalue weighted by atomic mass is 10.3. The molecule has 6 heteroatoms. The second-order valence-electron chi connectivity index (χ2n) is 4.55. The van der Waals surface area contributed by atoms with Crippen LogP contribution in [0.4, 0.5) is 5.69 Å². The maximum Gasteiger partial charge on any atom is 0.162 e. The molecule has 2 aromatic rings. The number of hydrogen-bond donors (Lipinski definition) is 1. The fourth-order valence-corrected chi connectivity index (χ4v) is 3.09. The highest BCUT2D eigenvalue weighted by Gasteiger charge is 2.16. The van der Waals surface area contributed by atoms with Gasteiger partial charge in [-0.1, -0.05) is 18.7 Å². The minimum atomic E-state index is 0.592. The Morgan fingerprint density at radius 2 is 2.05 bits per heavy atom. The summed E-state index contributed by atoms with van der Waals surface area (Å²) in [7, 11) is 1.91. The Hall–Kier alpha value is -1.82. The lowest BCUT2D eigenvalue weighted by molar-refractivity contribution is 0.171. The molecule has 20 heavy (non-hydrogen) atoms. The van der Waals surface area contributed by atoms with Gasteiger partial charge >= 0.3 is 0 Å². The van der Waals surface area contributed by atoms with E-state index in [1.807, 2.05) is 29.9 Å². The predicted octanol–water partition coefficient (Wildman–Crippen LogP) is 2.49. The van der Waals surface area contributed by atoms with E-state index < -0.39 is 0 Å². The molecule has 0 spiro atoms. The van der Waals surface area contributed by atoms with Crippen LogP contribution in [0.1, 0.15) is 12.6 Å². The van der Waals surface area contributed by atoms with Crippen LogP contribution in [0.2, 0.25) is 0 Å². The van der Waals surface area contributed by atoms with Crippen LogP contribution in [0.15, 0.2) is 28.1 Å². The predicted molar refractivity (Wildman–Crippen MR) is 78.6 cm³/mol. The first kappa shape index (κ1) is 13.2. The summed E-state index contributed by atoms with van der Waals surface area (Å²) in [5.41, 5.74) is 7.84. The zero-order valence-electron chi connectivity index (χ0n) is 11.5. The van der Waals surface area contributed by atoms with Gasteiger partial charge in [0.25, 0.3) is 0 Å². The van der Waals surface area contributed by atoms with E-state index in [2.05, 4.69) is 12.0 Å². The smallest absolute Gasteiger partial charge is 0.162 e. The van der Waals surface area contributed by atoms with Crippen LogP contribution in [0.25, 0.3) is 0 Å². The van der Waals surface area contributed by atoms with E-state index >= 15 is 0 Å². The topological polar surface area (TPSA) is 62.3 Å². The second kappa shape index (κ2) is 5.28. The van der Waals surface area contributed by atoms with Crippen LogP contribution < -0.4 is 15.2 Å². The minimum absolute atomic E-state index is 0.592. The molecule has 5 nitrogen and oxygen atoms in total. The van der Waals surface area contributed by atoms with Gasteiger partial charge in [0.05, 0.1) is 11.4 Å². The largest absolute Gasteiger partial charge is 0.486 e. The Labute approximate surface area is 122 Å². The molecule has 0 bridgehead atoms. The highest BCUT2D eigenvalue weighted by molar-refractivity contribution is 7.99. The fourth-order valence-electron chi connectivity index (χ4n) is 2.16. The van der Waals surface area contributed by atoms with Gasteiger partial charge in [0, 0.05) is 11.9 Å². The highest BCUT2D eigenvalue weighted by atomic mass is 32.2. The van der Waals surface area contributed by atoms with E-state index in [0.29, 0.717) is 13.2 Å². The average Bonchev–Trinajstić information content (AvgIpc) is 2.74. The van der Waals surface area contributed by atoms with Crippen LogP contribution in [-0.2, 0) is 13.5 Å². The third-order valence-corrected chi connectivity index (χ3v) is 4.34. The van der Waals surface area contributed by atoms with E-state index in [1.54, 1.807) is 11.8 Å². The highest BCUT2D eigenvalue weighted by Crippen LogP contribution is 2.39. The molecule has 0 unspecified atom stereocenters. The SMILES string of the molecule is CCc1nn(C)c(Sc2ccc3c(c2)OCCO3)c1N. The number of aromatic nitrogens is 2. The van der Waals surface area contributed by atoms with Gasteiger partial charge in [0.1, 0.15) is 18.2 Å². The molecular formula is C14H17N3O2S. The number of nitrogens with two attached hydrogens (primary N) is 1. The van der Waals surface area contributed by atoms with Crippen LogP contribution in [0.5, 0.6) is 11.5 Å². The van der Waals surface area contributed by atoms with Crippen molar-refractivity contribution in [3.63, 3.8) is 0 Å². The monoisotopic (exact) mass is 291 g/mol. The molecule has 2 N–H and O–H groups in total. The third kappa shape index (κ3) is 2.31. The van der Waals surface area contributed by atoms with Gasteiger partial charge in [-0.15, -0.1) is 0 Å². The molecule has 106 valence electrons. The van der Waals surface area contributed by atoms with Gasteiger partial charge in [-0.25, -0.2) is 0 Å². The molecule has 0 saturated carbocycles. The minimum Gasteiger partial charge on any atom is -0.486 e. The first-order valence-corrected chi connectivity index (χ1v) is 7.39. The summed E-state index contributed by atoms with van der Waals surface area (Å²) in [6, 6.07) is 5.93. The molecule has 0 radical (unpaired) electrons. The Kier molecular flexibility index (Phi) is 3.48. The van der Waals surface area contributed by atoms with Crippen molar-refractivity contribution in [2.24, 2.45) is 7.05 Å². The van der Waals surface area contributed by atoms with Crippen LogP contribution in [0, 0.1) is 0 Å². The quantitative estimate of drug-likeness (QED) is 0.941.